The molecule has 6 aromatic rings. The van der Waals surface area contributed by atoms with Crippen molar-refractivity contribution >= 4 is 23.0 Å². The molecule has 2 amide bonds. The first-order valence-electron chi connectivity index (χ1n) is 15.0. The molecule has 1 aromatic carbocycles. The van der Waals surface area contributed by atoms with Crippen molar-refractivity contribution in [3.63, 3.8) is 0 Å². The van der Waals surface area contributed by atoms with E-state index >= 15 is 0 Å². The van der Waals surface area contributed by atoms with Gasteiger partial charge in [0.2, 0.25) is 0 Å². The number of hydrogen-bond acceptors (Lipinski definition) is 9. The second-order valence-corrected chi connectivity index (χ2v) is 11.6. The summed E-state index contributed by atoms with van der Waals surface area (Å²) in [5.74, 6) is 1.37. The molecule has 13 heteroatoms. The van der Waals surface area contributed by atoms with E-state index in [0.717, 1.165) is 11.3 Å². The Bertz CT molecular complexity index is 2160. The van der Waals surface area contributed by atoms with E-state index in [9.17, 15) is 14.7 Å². The van der Waals surface area contributed by atoms with E-state index in [4.69, 9.17) is 25.2 Å². The average molecular weight is 616 g/mol. The zero-order chi connectivity index (χ0) is 31.4. The number of nitrogens with two attached hydrogens (primary N) is 1. The van der Waals surface area contributed by atoms with Crippen LogP contribution in [0.15, 0.2) is 88.4 Å². The van der Waals surface area contributed by atoms with Gasteiger partial charge in [-0.3, -0.25) is 14.3 Å². The Balaban J connectivity index is 1.11. The van der Waals surface area contributed by atoms with Crippen LogP contribution in [0, 0.1) is 0 Å². The van der Waals surface area contributed by atoms with Crippen molar-refractivity contribution in [1.29, 1.82) is 0 Å². The second-order valence-electron chi connectivity index (χ2n) is 11.6. The maximum absolute atomic E-state index is 13.4. The predicted octanol–water partition coefficient (Wildman–Crippen LogP) is 3.48. The van der Waals surface area contributed by atoms with E-state index in [-0.39, 0.29) is 24.7 Å². The molecule has 13 nitrogen and oxygen atoms in total. The normalized spacial score (nSPS) is 17.8. The number of nitrogens with one attached hydrogen (secondary N) is 1. The number of nitrogen functional groups attached to an aromatic ring is 1. The summed E-state index contributed by atoms with van der Waals surface area (Å²) >= 11 is 0. The fraction of sp³-hybridized carbons (Fsp3) is 0.212. The largest absolute Gasteiger partial charge is 0.383 e. The molecule has 46 heavy (non-hydrogen) atoms. The third-order valence-electron chi connectivity index (χ3n) is 8.77. The van der Waals surface area contributed by atoms with Crippen molar-refractivity contribution in [1.82, 2.24) is 39.5 Å². The molecule has 5 aromatic heterocycles. The summed E-state index contributed by atoms with van der Waals surface area (Å²) in [7, 11) is 0. The molecule has 1 fully saturated rings. The van der Waals surface area contributed by atoms with E-state index in [0.29, 0.717) is 77.0 Å². The lowest BCUT2D eigenvalue weighted by Gasteiger charge is -2.30. The van der Waals surface area contributed by atoms with E-state index < -0.39 is 5.60 Å². The molecule has 1 unspecified atom stereocenters. The van der Waals surface area contributed by atoms with Crippen molar-refractivity contribution in [2.24, 2.45) is 0 Å². The number of pyridine rings is 3. The number of benzene rings is 1. The van der Waals surface area contributed by atoms with Crippen LogP contribution in [0.2, 0.25) is 0 Å². The molecule has 2 aliphatic rings. The summed E-state index contributed by atoms with van der Waals surface area (Å²) in [5.41, 5.74) is 10.1. The maximum Gasteiger partial charge on any atom is 0.320 e. The Kier molecular flexibility index (Phi) is 6.42. The number of likely N-dealkylation sites (tertiary alicyclic amines) is 1. The number of H-pyrrole nitrogens is 1. The SMILES string of the molecule is Nc1ncccc1-c1nc2ccc(-c3ccccc3)nc2n1-c1ccc(C2(O)CCN(C(=O)N3CCc4c(o[nH]c4=O)C3)C2)nc1. The van der Waals surface area contributed by atoms with Crippen molar-refractivity contribution in [2.75, 3.05) is 25.4 Å². The summed E-state index contributed by atoms with van der Waals surface area (Å²) < 4.78 is 7.14. The number of urea groups is 1. The molecule has 8 rings (SSSR count). The summed E-state index contributed by atoms with van der Waals surface area (Å²) in [5, 5.41) is 14.0. The van der Waals surface area contributed by atoms with Crippen LogP contribution in [-0.4, -0.2) is 70.2 Å². The van der Waals surface area contributed by atoms with Gasteiger partial charge in [-0.2, -0.15) is 5.16 Å². The fourth-order valence-corrected chi connectivity index (χ4v) is 6.32. The highest BCUT2D eigenvalue weighted by atomic mass is 16.5. The Morgan fingerprint density at radius 3 is 2.65 bits per heavy atom. The molecule has 4 N–H and O–H groups in total. The van der Waals surface area contributed by atoms with Gasteiger partial charge in [-0.25, -0.2) is 19.7 Å². The van der Waals surface area contributed by atoms with Gasteiger partial charge in [0, 0.05) is 31.3 Å². The first-order valence-corrected chi connectivity index (χ1v) is 15.0. The third kappa shape index (κ3) is 4.59. The molecule has 2 aliphatic heterocycles. The lowest BCUT2D eigenvalue weighted by molar-refractivity contribution is 0.0423. The van der Waals surface area contributed by atoms with Gasteiger partial charge in [-0.1, -0.05) is 30.3 Å². The molecule has 1 atom stereocenters. The zero-order valence-corrected chi connectivity index (χ0v) is 24.6. The first-order chi connectivity index (χ1) is 22.4. The summed E-state index contributed by atoms with van der Waals surface area (Å²) in [4.78, 5) is 47.3. The number of carbonyl (C=O) groups excluding carboxylic acids is 1. The van der Waals surface area contributed by atoms with Gasteiger partial charge in [-0.15, -0.1) is 0 Å². The molecule has 0 bridgehead atoms. The smallest absolute Gasteiger partial charge is 0.320 e. The number of imidazole rings is 1. The van der Waals surface area contributed by atoms with Crippen molar-refractivity contribution in [3.8, 4) is 28.3 Å². The number of hydrogen-bond donors (Lipinski definition) is 3. The number of aromatic nitrogens is 6. The minimum absolute atomic E-state index is 0.0894. The fourth-order valence-electron chi connectivity index (χ4n) is 6.32. The minimum Gasteiger partial charge on any atom is -0.383 e. The Hall–Kier alpha value is -5.82. The second kappa shape index (κ2) is 10.7. The zero-order valence-electron chi connectivity index (χ0n) is 24.6. The monoisotopic (exact) mass is 615 g/mol. The lowest BCUT2D eigenvalue weighted by Crippen LogP contribution is -2.45. The number of carbonyl (C=O) groups is 1. The quantitative estimate of drug-likeness (QED) is 0.268. The van der Waals surface area contributed by atoms with Gasteiger partial charge >= 0.3 is 6.03 Å². The predicted molar refractivity (Wildman–Crippen MR) is 169 cm³/mol. The average Bonchev–Trinajstić information content (AvgIpc) is 3.80. The summed E-state index contributed by atoms with van der Waals surface area (Å²) in [6.45, 7) is 1.06. The lowest BCUT2D eigenvalue weighted by atomic mass is 9.98. The number of fused-ring (bicyclic) bond motifs is 2. The van der Waals surface area contributed by atoms with Crippen LogP contribution in [0.4, 0.5) is 10.6 Å². The summed E-state index contributed by atoms with van der Waals surface area (Å²) in [6.07, 6.45) is 4.05. The standard InChI is InChI=1S/C33H29N9O4/c34-28-23(7-4-14-35-28)29-38-25-10-9-24(20-5-2-1-3-6-20)37-30(25)42(29)21-8-11-27(36-17-21)33(45)13-16-41(19-33)32(44)40-15-12-22-26(18-40)46-39-31(22)43/h1-11,14,17,45H,12-13,15-16,18-19H2,(H2,34,35)(H,39,43). The number of amides is 2. The third-order valence-corrected chi connectivity index (χ3v) is 8.77. The van der Waals surface area contributed by atoms with Gasteiger partial charge in [0.25, 0.3) is 5.56 Å². The molecular weight excluding hydrogens is 586 g/mol. The summed E-state index contributed by atoms with van der Waals surface area (Å²) in [6, 6.07) is 20.8. The molecule has 0 spiro atoms. The van der Waals surface area contributed by atoms with Gasteiger partial charge in [0.15, 0.2) is 17.2 Å². The maximum atomic E-state index is 13.4. The van der Waals surface area contributed by atoms with Gasteiger partial charge in [0.1, 0.15) is 16.9 Å². The van der Waals surface area contributed by atoms with Crippen LogP contribution in [0.5, 0.6) is 0 Å². The van der Waals surface area contributed by atoms with E-state index in [1.54, 1.807) is 34.3 Å². The van der Waals surface area contributed by atoms with E-state index in [2.05, 4.69) is 10.1 Å². The highest BCUT2D eigenvalue weighted by Crippen LogP contribution is 2.35. The Labute approximate surface area is 261 Å². The van der Waals surface area contributed by atoms with Crippen LogP contribution in [0.25, 0.3) is 39.5 Å². The number of aliphatic hydroxyl groups is 1. The molecule has 230 valence electrons. The van der Waals surface area contributed by atoms with E-state index in [1.807, 2.05) is 59.2 Å². The molecule has 0 radical (unpaired) electrons. The Morgan fingerprint density at radius 1 is 0.978 bits per heavy atom. The van der Waals surface area contributed by atoms with Gasteiger partial charge < -0.3 is 25.2 Å². The molecule has 1 saturated heterocycles. The van der Waals surface area contributed by atoms with Crippen molar-refractivity contribution < 1.29 is 14.4 Å². The Morgan fingerprint density at radius 2 is 1.85 bits per heavy atom. The van der Waals surface area contributed by atoms with Crippen LogP contribution < -0.4 is 11.3 Å². The number of aromatic amines is 1. The van der Waals surface area contributed by atoms with Crippen molar-refractivity contribution in [2.45, 2.75) is 25.0 Å². The number of nitrogens with zero attached hydrogens (tertiary/aromatic N) is 7. The first kappa shape index (κ1) is 27.7. The molecular formula is C33H29N9O4. The number of rotatable bonds is 4. The highest BCUT2D eigenvalue weighted by Gasteiger charge is 2.42. The topological polar surface area (TPSA) is 172 Å². The van der Waals surface area contributed by atoms with Gasteiger partial charge in [-0.05, 0) is 42.8 Å². The molecule has 7 heterocycles. The van der Waals surface area contributed by atoms with Crippen LogP contribution in [-0.2, 0) is 18.6 Å². The number of β-amino-alcohol motifs (C(OH)–C–C–N with tert-alkyl or cyclic N) is 1. The van der Waals surface area contributed by atoms with E-state index in [1.165, 1.54) is 0 Å². The van der Waals surface area contributed by atoms with Gasteiger partial charge in [0.05, 0.1) is 47.5 Å². The molecule has 0 saturated carbocycles. The van der Waals surface area contributed by atoms with Crippen LogP contribution >= 0.6 is 0 Å². The highest BCUT2D eigenvalue weighted by molar-refractivity contribution is 5.84. The molecule has 0 aliphatic carbocycles. The van der Waals surface area contributed by atoms with Crippen LogP contribution in [0.3, 0.4) is 0 Å². The van der Waals surface area contributed by atoms with Crippen molar-refractivity contribution in [3.05, 3.63) is 106 Å². The number of anilines is 1. The van der Waals surface area contributed by atoms with Crippen LogP contribution in [0.1, 0.15) is 23.4 Å². The minimum atomic E-state index is -1.33.